The van der Waals surface area contributed by atoms with Crippen LogP contribution in [0.4, 0.5) is 0 Å². The molecule has 4 bridgehead atoms. The maximum atomic E-state index is 12.4. The quantitative estimate of drug-likeness (QED) is 0.597. The Morgan fingerprint density at radius 1 is 0.885 bits per heavy atom. The first-order valence-electron chi connectivity index (χ1n) is 10.7. The number of rotatable bonds is 4. The van der Waals surface area contributed by atoms with Gasteiger partial charge in [0.2, 0.25) is 0 Å². The second kappa shape index (κ2) is 7.49. The van der Waals surface area contributed by atoms with Crippen LogP contribution in [0, 0.1) is 23.7 Å². The first-order valence-corrected chi connectivity index (χ1v) is 10.7. The van der Waals surface area contributed by atoms with Crippen molar-refractivity contribution in [1.82, 2.24) is 10.6 Å². The number of carbonyl (C=O) groups is 2. The zero-order valence-electron chi connectivity index (χ0n) is 16.1. The molecule has 5 aliphatic rings. The highest BCUT2D eigenvalue weighted by molar-refractivity contribution is 6.35. The molecular formula is C21H34N2O3. The smallest absolute Gasteiger partial charge is 0.309 e. The van der Waals surface area contributed by atoms with Crippen molar-refractivity contribution in [3.05, 3.63) is 0 Å². The number of hydrogen-bond acceptors (Lipinski definition) is 3. The molecule has 0 unspecified atom stereocenters. The van der Waals surface area contributed by atoms with Crippen molar-refractivity contribution in [3.63, 3.8) is 0 Å². The maximum absolute atomic E-state index is 12.4. The molecular weight excluding hydrogens is 328 g/mol. The van der Waals surface area contributed by atoms with Crippen LogP contribution < -0.4 is 10.6 Å². The third-order valence-corrected chi connectivity index (χ3v) is 7.82. The van der Waals surface area contributed by atoms with Gasteiger partial charge in [-0.15, -0.1) is 0 Å². The van der Waals surface area contributed by atoms with Gasteiger partial charge in [-0.3, -0.25) is 9.59 Å². The van der Waals surface area contributed by atoms with Crippen LogP contribution in [0.3, 0.4) is 0 Å². The molecule has 2 amide bonds. The molecule has 5 aliphatic carbocycles. The van der Waals surface area contributed by atoms with Crippen LogP contribution in [-0.4, -0.2) is 37.1 Å². The van der Waals surface area contributed by atoms with E-state index in [1.165, 1.54) is 44.9 Å². The van der Waals surface area contributed by atoms with E-state index in [1.54, 1.807) is 7.11 Å². The Labute approximate surface area is 157 Å². The molecule has 5 fully saturated rings. The minimum absolute atomic E-state index is 0.160. The second-order valence-electron chi connectivity index (χ2n) is 9.31. The lowest BCUT2D eigenvalue weighted by Crippen LogP contribution is -2.63. The maximum Gasteiger partial charge on any atom is 0.309 e. The van der Waals surface area contributed by atoms with E-state index in [0.717, 1.165) is 37.5 Å². The van der Waals surface area contributed by atoms with Gasteiger partial charge in [-0.2, -0.15) is 0 Å². The predicted molar refractivity (Wildman–Crippen MR) is 99.4 cm³/mol. The molecule has 0 aromatic rings. The number of ether oxygens (including phenoxy) is 1. The van der Waals surface area contributed by atoms with E-state index in [0.29, 0.717) is 18.4 Å². The molecule has 5 saturated carbocycles. The van der Waals surface area contributed by atoms with Crippen LogP contribution in [0.5, 0.6) is 0 Å². The lowest BCUT2D eigenvalue weighted by Gasteiger charge is -2.60. The Morgan fingerprint density at radius 2 is 1.46 bits per heavy atom. The van der Waals surface area contributed by atoms with E-state index < -0.39 is 11.8 Å². The third-order valence-electron chi connectivity index (χ3n) is 7.82. The molecule has 5 nitrogen and oxygen atoms in total. The molecule has 2 N–H and O–H groups in total. The zero-order chi connectivity index (χ0) is 18.1. The van der Waals surface area contributed by atoms with Crippen LogP contribution in [0.2, 0.25) is 0 Å². The SMILES string of the molecule is COC1(CNC(=O)C(=O)NC2CCCCCC2)C2CC3CC(C2)CC1C3. The van der Waals surface area contributed by atoms with Crippen LogP contribution in [0.1, 0.15) is 70.6 Å². The van der Waals surface area contributed by atoms with E-state index in [-0.39, 0.29) is 11.6 Å². The van der Waals surface area contributed by atoms with Crippen molar-refractivity contribution in [3.8, 4) is 0 Å². The summed E-state index contributed by atoms with van der Waals surface area (Å²) in [4.78, 5) is 24.7. The monoisotopic (exact) mass is 362 g/mol. The second-order valence-corrected chi connectivity index (χ2v) is 9.31. The minimum Gasteiger partial charge on any atom is -0.376 e. The van der Waals surface area contributed by atoms with Gasteiger partial charge in [0.1, 0.15) is 0 Å². The fourth-order valence-corrected chi connectivity index (χ4v) is 6.65. The fraction of sp³-hybridized carbons (Fsp3) is 0.905. The van der Waals surface area contributed by atoms with Gasteiger partial charge >= 0.3 is 11.8 Å². The predicted octanol–water partition coefficient (Wildman–Crippen LogP) is 2.78. The summed E-state index contributed by atoms with van der Waals surface area (Å²) in [6, 6.07) is 0.160. The summed E-state index contributed by atoms with van der Waals surface area (Å²) in [6.45, 7) is 0.481. The molecule has 0 spiro atoms. The van der Waals surface area contributed by atoms with E-state index >= 15 is 0 Å². The van der Waals surface area contributed by atoms with Gasteiger partial charge in [-0.05, 0) is 68.6 Å². The van der Waals surface area contributed by atoms with Gasteiger partial charge in [0.25, 0.3) is 0 Å². The molecule has 5 rings (SSSR count). The van der Waals surface area contributed by atoms with Crippen molar-refractivity contribution >= 4 is 11.8 Å². The molecule has 146 valence electrons. The van der Waals surface area contributed by atoms with Gasteiger partial charge in [-0.25, -0.2) is 0 Å². The summed E-state index contributed by atoms with van der Waals surface area (Å²) in [5.74, 6) is 1.83. The number of hydrogen-bond donors (Lipinski definition) is 2. The van der Waals surface area contributed by atoms with E-state index in [2.05, 4.69) is 10.6 Å². The van der Waals surface area contributed by atoms with E-state index in [9.17, 15) is 9.59 Å². The Bertz CT molecular complexity index is 511. The Hall–Kier alpha value is -1.10. The molecule has 0 radical (unpaired) electrons. The standard InChI is InChI=1S/C21H34N2O3/c1-26-21(16-9-14-8-15(11-16)12-17(21)10-14)13-22-19(24)20(25)23-18-6-4-2-3-5-7-18/h14-18H,2-13H2,1H3,(H,22,24)(H,23,25). The van der Waals surface area contributed by atoms with E-state index in [4.69, 9.17) is 4.74 Å². The van der Waals surface area contributed by atoms with Crippen LogP contribution >= 0.6 is 0 Å². The highest BCUT2D eigenvalue weighted by Gasteiger charge is 2.57. The average molecular weight is 363 g/mol. The zero-order valence-corrected chi connectivity index (χ0v) is 16.1. The largest absolute Gasteiger partial charge is 0.376 e. The molecule has 0 heterocycles. The first kappa shape index (κ1) is 18.3. The lowest BCUT2D eigenvalue weighted by atomic mass is 9.49. The van der Waals surface area contributed by atoms with Gasteiger partial charge in [0.15, 0.2) is 0 Å². The normalized spacial score (nSPS) is 39.4. The highest BCUT2D eigenvalue weighted by atomic mass is 16.5. The van der Waals surface area contributed by atoms with Crippen LogP contribution in [-0.2, 0) is 14.3 Å². The number of carbonyl (C=O) groups excluding carboxylic acids is 2. The van der Waals surface area contributed by atoms with Crippen molar-refractivity contribution < 1.29 is 14.3 Å². The fourth-order valence-electron chi connectivity index (χ4n) is 6.65. The number of methoxy groups -OCH3 is 1. The lowest BCUT2D eigenvalue weighted by molar-refractivity contribution is -0.188. The summed E-state index contributed by atoms with van der Waals surface area (Å²) >= 11 is 0. The molecule has 5 heteroatoms. The highest BCUT2D eigenvalue weighted by Crippen LogP contribution is 2.59. The summed E-state index contributed by atoms with van der Waals surface area (Å²) in [5, 5.41) is 5.88. The molecule has 0 aromatic carbocycles. The van der Waals surface area contributed by atoms with E-state index in [1.807, 2.05) is 0 Å². The topological polar surface area (TPSA) is 67.4 Å². The molecule has 0 aromatic heterocycles. The van der Waals surface area contributed by atoms with Gasteiger partial charge < -0.3 is 15.4 Å². The Kier molecular flexibility index (Phi) is 5.27. The van der Waals surface area contributed by atoms with Crippen LogP contribution in [0.15, 0.2) is 0 Å². The Balaban J connectivity index is 1.33. The average Bonchev–Trinajstić information content (AvgIpc) is 2.89. The van der Waals surface area contributed by atoms with Crippen LogP contribution in [0.25, 0.3) is 0 Å². The van der Waals surface area contributed by atoms with Crippen molar-refractivity contribution in [2.75, 3.05) is 13.7 Å². The number of amides is 2. The van der Waals surface area contributed by atoms with Crippen molar-refractivity contribution in [2.24, 2.45) is 23.7 Å². The van der Waals surface area contributed by atoms with Crippen molar-refractivity contribution in [2.45, 2.75) is 82.3 Å². The molecule has 0 atom stereocenters. The summed E-state index contributed by atoms with van der Waals surface area (Å²) < 4.78 is 6.06. The summed E-state index contributed by atoms with van der Waals surface area (Å²) in [5.41, 5.74) is -0.258. The number of nitrogens with one attached hydrogen (secondary N) is 2. The van der Waals surface area contributed by atoms with Crippen molar-refractivity contribution in [1.29, 1.82) is 0 Å². The minimum atomic E-state index is -0.487. The summed E-state index contributed by atoms with van der Waals surface area (Å²) in [7, 11) is 1.79. The van der Waals surface area contributed by atoms with Gasteiger partial charge in [-0.1, -0.05) is 25.7 Å². The van der Waals surface area contributed by atoms with Gasteiger partial charge in [0.05, 0.1) is 5.60 Å². The summed E-state index contributed by atoms with van der Waals surface area (Å²) in [6.07, 6.45) is 13.0. The Morgan fingerprint density at radius 3 is 2.00 bits per heavy atom. The molecule has 0 aliphatic heterocycles. The molecule has 26 heavy (non-hydrogen) atoms. The molecule has 0 saturated heterocycles. The first-order chi connectivity index (χ1) is 12.6. The third kappa shape index (κ3) is 3.39. The van der Waals surface area contributed by atoms with Gasteiger partial charge in [0, 0.05) is 19.7 Å².